The van der Waals surface area contributed by atoms with Gasteiger partial charge in [-0.2, -0.15) is 0 Å². The Morgan fingerprint density at radius 1 is 1.65 bits per heavy atom. The van der Waals surface area contributed by atoms with Crippen molar-refractivity contribution in [3.05, 3.63) is 30.1 Å². The van der Waals surface area contributed by atoms with E-state index in [-0.39, 0.29) is 12.0 Å². The highest BCUT2D eigenvalue weighted by atomic mass is 16.5. The molecule has 2 N–H and O–H groups in total. The summed E-state index contributed by atoms with van der Waals surface area (Å²) in [5.41, 5.74) is 6.12. The van der Waals surface area contributed by atoms with Crippen molar-refractivity contribution in [1.29, 1.82) is 0 Å². The Morgan fingerprint density at radius 3 is 3.24 bits per heavy atom. The molecule has 1 saturated heterocycles. The summed E-state index contributed by atoms with van der Waals surface area (Å²) in [6.07, 6.45) is 4.11. The van der Waals surface area contributed by atoms with Gasteiger partial charge in [0.25, 0.3) is 5.91 Å². The summed E-state index contributed by atoms with van der Waals surface area (Å²) in [5.74, 6) is 0.0171. The van der Waals surface area contributed by atoms with Gasteiger partial charge in [-0.15, -0.1) is 0 Å². The molecule has 5 heteroatoms. The quantitative estimate of drug-likeness (QED) is 0.816. The second kappa shape index (κ2) is 5.75. The lowest BCUT2D eigenvalue weighted by Crippen LogP contribution is -2.46. The van der Waals surface area contributed by atoms with E-state index in [1.165, 1.54) is 0 Å². The van der Waals surface area contributed by atoms with Gasteiger partial charge < -0.3 is 15.4 Å². The van der Waals surface area contributed by atoms with Gasteiger partial charge in [0, 0.05) is 25.5 Å². The van der Waals surface area contributed by atoms with E-state index in [0.29, 0.717) is 31.8 Å². The van der Waals surface area contributed by atoms with E-state index in [1.807, 2.05) is 0 Å². The Morgan fingerprint density at radius 2 is 2.53 bits per heavy atom. The van der Waals surface area contributed by atoms with Gasteiger partial charge >= 0.3 is 0 Å². The number of hydrogen-bond donors (Lipinski definition) is 1. The minimum atomic E-state index is 0.0171. The fourth-order valence-corrected chi connectivity index (χ4v) is 1.94. The van der Waals surface area contributed by atoms with Crippen molar-refractivity contribution >= 4 is 5.91 Å². The van der Waals surface area contributed by atoms with Gasteiger partial charge in [-0.3, -0.25) is 9.78 Å². The van der Waals surface area contributed by atoms with Gasteiger partial charge in [0.05, 0.1) is 18.3 Å². The number of morpholine rings is 1. The van der Waals surface area contributed by atoms with Gasteiger partial charge in [-0.05, 0) is 25.1 Å². The fraction of sp³-hybridized carbons (Fsp3) is 0.500. The van der Waals surface area contributed by atoms with Crippen LogP contribution in [0.25, 0.3) is 0 Å². The summed E-state index contributed by atoms with van der Waals surface area (Å²) in [7, 11) is 0. The molecular weight excluding hydrogens is 218 g/mol. The largest absolute Gasteiger partial charge is 0.374 e. The van der Waals surface area contributed by atoms with Crippen LogP contribution in [-0.2, 0) is 4.74 Å². The molecule has 0 saturated carbocycles. The molecule has 1 aliphatic rings. The van der Waals surface area contributed by atoms with Crippen LogP contribution in [0.3, 0.4) is 0 Å². The molecule has 0 bridgehead atoms. The molecular formula is C12H17N3O2. The summed E-state index contributed by atoms with van der Waals surface area (Å²) in [4.78, 5) is 17.9. The van der Waals surface area contributed by atoms with Crippen molar-refractivity contribution in [2.75, 3.05) is 26.2 Å². The van der Waals surface area contributed by atoms with Crippen LogP contribution in [0.2, 0.25) is 0 Å². The number of hydrogen-bond acceptors (Lipinski definition) is 4. The summed E-state index contributed by atoms with van der Waals surface area (Å²) in [5, 5.41) is 0. The molecule has 5 nitrogen and oxygen atoms in total. The van der Waals surface area contributed by atoms with E-state index in [1.54, 1.807) is 29.4 Å². The van der Waals surface area contributed by atoms with Gasteiger partial charge in [-0.1, -0.05) is 0 Å². The van der Waals surface area contributed by atoms with Crippen LogP contribution in [0.1, 0.15) is 16.8 Å². The van der Waals surface area contributed by atoms with Crippen molar-refractivity contribution in [3.63, 3.8) is 0 Å². The Kier molecular flexibility index (Phi) is 4.06. The maximum Gasteiger partial charge on any atom is 0.255 e. The molecule has 0 spiro atoms. The zero-order chi connectivity index (χ0) is 12.1. The molecule has 1 aliphatic heterocycles. The van der Waals surface area contributed by atoms with Crippen molar-refractivity contribution in [2.45, 2.75) is 12.5 Å². The van der Waals surface area contributed by atoms with Crippen molar-refractivity contribution in [1.82, 2.24) is 9.88 Å². The molecule has 0 aromatic carbocycles. The number of nitrogens with zero attached hydrogens (tertiary/aromatic N) is 2. The van der Waals surface area contributed by atoms with E-state index in [0.717, 1.165) is 6.42 Å². The summed E-state index contributed by atoms with van der Waals surface area (Å²) < 4.78 is 5.55. The van der Waals surface area contributed by atoms with Crippen LogP contribution >= 0.6 is 0 Å². The number of pyridine rings is 1. The zero-order valence-electron chi connectivity index (χ0n) is 9.71. The predicted molar refractivity (Wildman–Crippen MR) is 63.6 cm³/mol. The van der Waals surface area contributed by atoms with E-state index < -0.39 is 0 Å². The average molecular weight is 235 g/mol. The lowest BCUT2D eigenvalue weighted by molar-refractivity contribution is -0.0236. The third-order valence-electron chi connectivity index (χ3n) is 2.82. The van der Waals surface area contributed by atoms with Crippen molar-refractivity contribution in [2.24, 2.45) is 5.73 Å². The number of ether oxygens (including phenoxy) is 1. The number of carbonyl (C=O) groups excluding carboxylic acids is 1. The van der Waals surface area contributed by atoms with Crippen LogP contribution in [0.4, 0.5) is 0 Å². The van der Waals surface area contributed by atoms with Crippen molar-refractivity contribution in [3.8, 4) is 0 Å². The number of carbonyl (C=O) groups is 1. The third-order valence-corrected chi connectivity index (χ3v) is 2.82. The van der Waals surface area contributed by atoms with Crippen molar-refractivity contribution < 1.29 is 9.53 Å². The number of nitrogens with two attached hydrogens (primary N) is 1. The third kappa shape index (κ3) is 3.01. The first-order valence-electron chi connectivity index (χ1n) is 5.82. The zero-order valence-corrected chi connectivity index (χ0v) is 9.71. The first-order valence-corrected chi connectivity index (χ1v) is 5.82. The monoisotopic (exact) mass is 235 g/mol. The number of amides is 1. The molecule has 0 radical (unpaired) electrons. The van der Waals surface area contributed by atoms with E-state index in [2.05, 4.69) is 4.98 Å². The summed E-state index contributed by atoms with van der Waals surface area (Å²) >= 11 is 0. The molecule has 1 unspecified atom stereocenters. The lowest BCUT2D eigenvalue weighted by Gasteiger charge is -2.32. The fourth-order valence-electron chi connectivity index (χ4n) is 1.94. The van der Waals surface area contributed by atoms with Gasteiger partial charge in [-0.25, -0.2) is 0 Å². The van der Waals surface area contributed by atoms with Crippen LogP contribution in [0, 0.1) is 0 Å². The smallest absolute Gasteiger partial charge is 0.255 e. The van der Waals surface area contributed by atoms with E-state index in [9.17, 15) is 4.79 Å². The van der Waals surface area contributed by atoms with E-state index in [4.69, 9.17) is 10.5 Å². The molecule has 2 rings (SSSR count). The normalized spacial score (nSPS) is 20.3. The highest BCUT2D eigenvalue weighted by Crippen LogP contribution is 2.11. The Bertz CT molecular complexity index is 367. The molecule has 2 heterocycles. The minimum Gasteiger partial charge on any atom is -0.374 e. The predicted octanol–water partition coefficient (Wildman–Crippen LogP) is 0.271. The topological polar surface area (TPSA) is 68.5 Å². The van der Waals surface area contributed by atoms with Crippen LogP contribution in [-0.4, -0.2) is 48.1 Å². The lowest BCUT2D eigenvalue weighted by atomic mass is 10.1. The highest BCUT2D eigenvalue weighted by Gasteiger charge is 2.24. The van der Waals surface area contributed by atoms with E-state index >= 15 is 0 Å². The van der Waals surface area contributed by atoms with Gasteiger partial charge in [0.2, 0.25) is 0 Å². The standard InChI is InChI=1S/C12H17N3O2/c13-4-3-11-9-15(6-7-17-11)12(16)10-2-1-5-14-8-10/h1-2,5,8,11H,3-4,6-7,9,13H2. The Hall–Kier alpha value is -1.46. The summed E-state index contributed by atoms with van der Waals surface area (Å²) in [6.45, 7) is 2.41. The number of rotatable bonds is 3. The molecule has 1 aromatic heterocycles. The summed E-state index contributed by atoms with van der Waals surface area (Å²) in [6, 6.07) is 3.55. The van der Waals surface area contributed by atoms with Crippen LogP contribution < -0.4 is 5.73 Å². The highest BCUT2D eigenvalue weighted by molar-refractivity contribution is 5.93. The molecule has 1 atom stereocenters. The SMILES string of the molecule is NCCC1CN(C(=O)c2cccnc2)CCO1. The first kappa shape index (κ1) is 12.0. The van der Waals surface area contributed by atoms with Gasteiger partial charge in [0.1, 0.15) is 0 Å². The average Bonchev–Trinajstić information content (AvgIpc) is 2.40. The maximum atomic E-state index is 12.1. The molecule has 1 aromatic rings. The number of aromatic nitrogens is 1. The van der Waals surface area contributed by atoms with Gasteiger partial charge in [0.15, 0.2) is 0 Å². The maximum absolute atomic E-state index is 12.1. The molecule has 0 aliphatic carbocycles. The van der Waals surface area contributed by atoms with Crippen LogP contribution in [0.15, 0.2) is 24.5 Å². The Labute approximate surface area is 101 Å². The minimum absolute atomic E-state index is 0.0171. The molecule has 1 fully saturated rings. The molecule has 17 heavy (non-hydrogen) atoms. The first-order chi connectivity index (χ1) is 8.31. The Balaban J connectivity index is 2.00. The molecule has 92 valence electrons. The van der Waals surface area contributed by atoms with Crippen LogP contribution in [0.5, 0.6) is 0 Å². The second-order valence-corrected chi connectivity index (χ2v) is 4.06. The molecule has 1 amide bonds. The second-order valence-electron chi connectivity index (χ2n) is 4.06.